The molecule has 0 saturated heterocycles. The minimum absolute atomic E-state index is 0.0438. The van der Waals surface area contributed by atoms with Crippen LogP contribution in [0.3, 0.4) is 0 Å². The third-order valence-corrected chi connectivity index (χ3v) is 11.9. The first-order valence-electron chi connectivity index (χ1n) is 13.7. The summed E-state index contributed by atoms with van der Waals surface area (Å²) in [7, 11) is -1.00. The van der Waals surface area contributed by atoms with E-state index in [1.165, 1.54) is 36.3 Å². The Hall–Kier alpha value is -3.83. The van der Waals surface area contributed by atoms with Gasteiger partial charge in [0.2, 0.25) is 5.56 Å². The highest BCUT2D eigenvalue weighted by atomic mass is 28.4. The second kappa shape index (κ2) is 12.2. The Kier molecular flexibility index (Phi) is 9.48. The third-order valence-electron chi connectivity index (χ3n) is 7.43. The van der Waals surface area contributed by atoms with Gasteiger partial charge in [-0.25, -0.2) is 9.59 Å². The molecule has 3 rings (SSSR count). The number of aromatic amines is 1. The van der Waals surface area contributed by atoms with Gasteiger partial charge in [0, 0.05) is 17.0 Å². The number of methoxy groups -OCH3 is 1. The van der Waals surface area contributed by atoms with Crippen molar-refractivity contribution in [2.75, 3.05) is 13.7 Å². The zero-order chi connectivity index (χ0) is 31.6. The maximum Gasteiger partial charge on any atom is 0.410 e. The second-order valence-electron chi connectivity index (χ2n) is 12.8. The van der Waals surface area contributed by atoms with E-state index < -0.39 is 32.1 Å². The Morgan fingerprint density at radius 2 is 1.69 bits per heavy atom. The molecule has 0 aliphatic heterocycles. The number of hydrogen-bond acceptors (Lipinski definition) is 7. The summed E-state index contributed by atoms with van der Waals surface area (Å²) in [6.07, 6.45) is -1.26. The number of pyridine rings is 1. The van der Waals surface area contributed by atoms with E-state index in [-0.39, 0.29) is 40.5 Å². The van der Waals surface area contributed by atoms with E-state index in [0.717, 1.165) is 0 Å². The van der Waals surface area contributed by atoms with Gasteiger partial charge < -0.3 is 34.0 Å². The van der Waals surface area contributed by atoms with Crippen LogP contribution in [-0.4, -0.2) is 59.7 Å². The molecule has 3 aromatic rings. The van der Waals surface area contributed by atoms with Gasteiger partial charge in [-0.2, -0.15) is 0 Å². The highest BCUT2D eigenvalue weighted by Gasteiger charge is 2.41. The number of phenolic OH excluding ortho intramolecular Hbond substituents is 1. The van der Waals surface area contributed by atoms with E-state index in [2.05, 4.69) is 38.8 Å². The predicted molar refractivity (Wildman–Crippen MR) is 164 cm³/mol. The van der Waals surface area contributed by atoms with Gasteiger partial charge in [-0.3, -0.25) is 4.79 Å². The Balaban J connectivity index is 2.18. The Morgan fingerprint density at radius 3 is 2.26 bits per heavy atom. The lowest BCUT2D eigenvalue weighted by atomic mass is 10.0. The van der Waals surface area contributed by atoms with Gasteiger partial charge in [0.25, 0.3) is 0 Å². The van der Waals surface area contributed by atoms with Gasteiger partial charge in [0.15, 0.2) is 8.32 Å². The largest absolute Gasteiger partial charge is 0.506 e. The molecule has 1 amide bonds. The maximum atomic E-state index is 13.7. The van der Waals surface area contributed by atoms with Crippen LogP contribution in [0.2, 0.25) is 18.1 Å². The molecular weight excluding hydrogens is 556 g/mol. The molecule has 42 heavy (non-hydrogen) atoms. The molecule has 0 radical (unpaired) electrons. The first-order chi connectivity index (χ1) is 19.3. The van der Waals surface area contributed by atoms with Crippen LogP contribution in [0.15, 0.2) is 47.3 Å². The van der Waals surface area contributed by atoms with Crippen molar-refractivity contribution in [2.45, 2.75) is 77.9 Å². The van der Waals surface area contributed by atoms with E-state index in [4.69, 9.17) is 13.9 Å². The lowest BCUT2D eigenvalue weighted by molar-refractivity contribution is 0.0136. The molecule has 0 bridgehead atoms. The van der Waals surface area contributed by atoms with E-state index in [0.29, 0.717) is 22.3 Å². The first-order valence-corrected chi connectivity index (χ1v) is 16.6. The number of amides is 1. The molecule has 10 nitrogen and oxygen atoms in total. The number of ether oxygens (including phenoxy) is 2. The van der Waals surface area contributed by atoms with E-state index in [1.54, 1.807) is 39.0 Å². The van der Waals surface area contributed by atoms with Crippen molar-refractivity contribution >= 4 is 31.3 Å². The maximum absolute atomic E-state index is 13.7. The Bertz CT molecular complexity index is 1520. The van der Waals surface area contributed by atoms with Crippen LogP contribution in [-0.2, 0) is 15.7 Å². The summed E-state index contributed by atoms with van der Waals surface area (Å²) < 4.78 is 18.2. The normalized spacial score (nSPS) is 13.1. The molecule has 0 aliphatic carbocycles. The summed E-state index contributed by atoms with van der Waals surface area (Å²) >= 11 is 0. The van der Waals surface area contributed by atoms with E-state index in [1.807, 2.05) is 0 Å². The smallest absolute Gasteiger partial charge is 0.410 e. The topological polar surface area (TPSA) is 138 Å². The summed E-state index contributed by atoms with van der Waals surface area (Å²) in [5.41, 5.74) is 0.461. The highest BCUT2D eigenvalue weighted by Crippen LogP contribution is 2.42. The van der Waals surface area contributed by atoms with E-state index in [9.17, 15) is 24.6 Å². The fourth-order valence-electron chi connectivity index (χ4n) is 4.22. The van der Waals surface area contributed by atoms with Gasteiger partial charge in [-0.15, -0.1) is 0 Å². The standard InChI is InChI=1S/C31H42N2O8Si/c1-30(2,3)40-29(38)33(17-20-11-10-19(28(36)37)16-24(20)39-7)18-25(41-42(8,9)31(4,5)6)21-12-14-23(34)27-22(21)13-15-26(35)32-27/h10-16,25,34H,17-18H2,1-9H3,(H,32,35)(H,36,37). The molecule has 0 spiro atoms. The number of H-pyrrole nitrogens is 1. The molecule has 1 atom stereocenters. The van der Waals surface area contributed by atoms with Crippen molar-refractivity contribution in [3.8, 4) is 11.5 Å². The minimum atomic E-state index is -2.44. The molecule has 0 saturated carbocycles. The first kappa shape index (κ1) is 32.7. The number of nitrogens with zero attached hydrogens (tertiary/aromatic N) is 1. The number of rotatable bonds is 9. The molecule has 0 aliphatic rings. The fraction of sp³-hybridized carbons (Fsp3) is 0.452. The number of carboxylic acid groups (broad SMARTS) is 1. The van der Waals surface area contributed by atoms with Crippen molar-refractivity contribution < 1.29 is 33.7 Å². The van der Waals surface area contributed by atoms with Gasteiger partial charge in [-0.05, 0) is 68.7 Å². The molecular formula is C31H42N2O8Si. The number of benzene rings is 2. The van der Waals surface area contributed by atoms with Crippen molar-refractivity contribution in [3.05, 3.63) is 69.5 Å². The number of carbonyl (C=O) groups excluding carboxylic acids is 1. The predicted octanol–water partition coefficient (Wildman–Crippen LogP) is 6.44. The van der Waals surface area contributed by atoms with Crippen molar-refractivity contribution in [3.63, 3.8) is 0 Å². The number of fused-ring (bicyclic) bond motifs is 1. The van der Waals surface area contributed by atoms with Gasteiger partial charge in [0.05, 0.1) is 37.4 Å². The van der Waals surface area contributed by atoms with Crippen molar-refractivity contribution in [2.24, 2.45) is 0 Å². The molecule has 0 fully saturated rings. The highest BCUT2D eigenvalue weighted by molar-refractivity contribution is 6.74. The van der Waals surface area contributed by atoms with E-state index >= 15 is 0 Å². The summed E-state index contributed by atoms with van der Waals surface area (Å²) in [6, 6.07) is 10.7. The third kappa shape index (κ3) is 7.71. The lowest BCUT2D eigenvalue weighted by Crippen LogP contribution is -2.45. The van der Waals surface area contributed by atoms with Crippen LogP contribution in [0.25, 0.3) is 10.9 Å². The summed E-state index contributed by atoms with van der Waals surface area (Å²) in [4.78, 5) is 41.5. The van der Waals surface area contributed by atoms with Crippen LogP contribution >= 0.6 is 0 Å². The van der Waals surface area contributed by atoms with Crippen LogP contribution in [0, 0.1) is 0 Å². The summed E-state index contributed by atoms with van der Waals surface area (Å²) in [5.74, 6) is -0.855. The molecule has 11 heteroatoms. The van der Waals surface area contributed by atoms with Crippen LogP contribution in [0.5, 0.6) is 11.5 Å². The number of aromatic hydroxyl groups is 1. The number of hydrogen-bond donors (Lipinski definition) is 3. The molecule has 1 aromatic heterocycles. The zero-order valence-electron chi connectivity index (χ0n) is 25.8. The molecule has 1 heterocycles. The SMILES string of the molecule is COc1cc(C(=O)O)ccc1CN(CC(O[Si](C)(C)C(C)(C)C)c1ccc(O)c2[nH]c(=O)ccc12)C(=O)OC(C)(C)C. The van der Waals surface area contributed by atoms with Crippen molar-refractivity contribution in [1.29, 1.82) is 0 Å². The Labute approximate surface area is 247 Å². The average molecular weight is 599 g/mol. The number of carbonyl (C=O) groups is 2. The quantitative estimate of drug-likeness (QED) is 0.239. The molecule has 2 aromatic carbocycles. The molecule has 3 N–H and O–H groups in total. The average Bonchev–Trinajstić information content (AvgIpc) is 2.86. The number of carboxylic acids is 1. The fourth-order valence-corrected chi connectivity index (χ4v) is 5.48. The number of aromatic nitrogens is 1. The molecule has 228 valence electrons. The summed E-state index contributed by atoms with van der Waals surface area (Å²) in [6.45, 7) is 16.0. The van der Waals surface area contributed by atoms with Crippen LogP contribution in [0.4, 0.5) is 4.79 Å². The second-order valence-corrected chi connectivity index (χ2v) is 17.6. The van der Waals surface area contributed by atoms with Gasteiger partial charge in [-0.1, -0.05) is 32.9 Å². The van der Waals surface area contributed by atoms with Gasteiger partial charge in [0.1, 0.15) is 17.1 Å². The van der Waals surface area contributed by atoms with Crippen molar-refractivity contribution in [1.82, 2.24) is 9.88 Å². The lowest BCUT2D eigenvalue weighted by Gasteiger charge is -2.41. The van der Waals surface area contributed by atoms with Gasteiger partial charge >= 0.3 is 12.1 Å². The number of aromatic carboxylic acids is 1. The van der Waals surface area contributed by atoms with Crippen LogP contribution < -0.4 is 10.3 Å². The zero-order valence-corrected chi connectivity index (χ0v) is 26.8. The number of phenols is 1. The van der Waals surface area contributed by atoms with Crippen LogP contribution in [0.1, 0.15) is 69.1 Å². The Morgan fingerprint density at radius 1 is 1.02 bits per heavy atom. The number of nitrogens with one attached hydrogen (secondary N) is 1. The molecule has 1 unspecified atom stereocenters. The monoisotopic (exact) mass is 598 g/mol. The summed E-state index contributed by atoms with van der Waals surface area (Å²) in [5, 5.41) is 20.4. The minimum Gasteiger partial charge on any atom is -0.506 e.